The zero-order valence-electron chi connectivity index (χ0n) is 14.8. The van der Waals surface area contributed by atoms with E-state index in [0.717, 1.165) is 23.5 Å². The Morgan fingerprint density at radius 3 is 2.80 bits per heavy atom. The van der Waals surface area contributed by atoms with Crippen LogP contribution in [0.4, 0.5) is 4.79 Å². The van der Waals surface area contributed by atoms with Gasteiger partial charge in [-0.1, -0.05) is 18.2 Å². The number of aromatic nitrogens is 4. The first-order chi connectivity index (χ1) is 11.9. The van der Waals surface area contributed by atoms with Crippen molar-refractivity contribution in [1.29, 1.82) is 0 Å². The second-order valence-corrected chi connectivity index (χ2v) is 7.00. The van der Waals surface area contributed by atoms with Crippen LogP contribution in [0, 0.1) is 0 Å². The number of fused-ring (bicyclic) bond motifs is 1. The molecule has 2 amide bonds. The van der Waals surface area contributed by atoms with E-state index >= 15 is 0 Å². The number of benzene rings is 1. The molecule has 0 bridgehead atoms. The van der Waals surface area contributed by atoms with E-state index in [0.29, 0.717) is 13.1 Å². The fraction of sp³-hybridized carbons (Fsp3) is 0.389. The number of aromatic amines is 1. The van der Waals surface area contributed by atoms with Crippen LogP contribution in [0.5, 0.6) is 0 Å². The molecule has 132 valence electrons. The van der Waals surface area contributed by atoms with Gasteiger partial charge in [0.25, 0.3) is 0 Å². The molecule has 2 heterocycles. The molecule has 0 fully saturated rings. The van der Waals surface area contributed by atoms with E-state index in [-0.39, 0.29) is 11.6 Å². The summed E-state index contributed by atoms with van der Waals surface area (Å²) < 4.78 is 1.82. The first-order valence-corrected chi connectivity index (χ1v) is 8.41. The van der Waals surface area contributed by atoms with Crippen LogP contribution in [0.15, 0.2) is 36.7 Å². The highest BCUT2D eigenvalue weighted by atomic mass is 16.2. The van der Waals surface area contributed by atoms with Gasteiger partial charge in [-0.15, -0.1) is 0 Å². The van der Waals surface area contributed by atoms with Crippen LogP contribution in [0.25, 0.3) is 10.9 Å². The first-order valence-electron chi connectivity index (χ1n) is 8.41. The van der Waals surface area contributed by atoms with Crippen LogP contribution in [0.3, 0.4) is 0 Å². The third-order valence-corrected chi connectivity index (χ3v) is 3.93. The summed E-state index contributed by atoms with van der Waals surface area (Å²) in [5.41, 5.74) is 2.05. The minimum absolute atomic E-state index is 0.167. The molecule has 0 aliphatic carbocycles. The topological polar surface area (TPSA) is 87.6 Å². The highest BCUT2D eigenvalue weighted by Gasteiger charge is 2.18. The Hall–Kier alpha value is -2.83. The fourth-order valence-corrected chi connectivity index (χ4v) is 2.75. The van der Waals surface area contributed by atoms with Gasteiger partial charge in [0, 0.05) is 24.2 Å². The van der Waals surface area contributed by atoms with Gasteiger partial charge in [-0.2, -0.15) is 5.10 Å². The van der Waals surface area contributed by atoms with Crippen LogP contribution in [-0.2, 0) is 18.5 Å². The number of nitrogens with one attached hydrogen (secondary N) is 3. The monoisotopic (exact) mass is 340 g/mol. The summed E-state index contributed by atoms with van der Waals surface area (Å²) in [6.45, 7) is 7.04. The van der Waals surface area contributed by atoms with Crippen molar-refractivity contribution >= 4 is 16.9 Å². The molecule has 0 aliphatic rings. The second kappa shape index (κ2) is 6.96. The van der Waals surface area contributed by atoms with Crippen molar-refractivity contribution in [2.24, 2.45) is 0 Å². The molecule has 3 aromatic rings. The van der Waals surface area contributed by atoms with Gasteiger partial charge in [-0.05, 0) is 38.3 Å². The Bertz CT molecular complexity index is 825. The third-order valence-electron chi connectivity index (χ3n) is 3.93. The number of urea groups is 1. The van der Waals surface area contributed by atoms with E-state index in [1.165, 1.54) is 11.7 Å². The lowest BCUT2D eigenvalue weighted by atomic mass is 10.1. The highest BCUT2D eigenvalue weighted by molar-refractivity contribution is 5.80. The second-order valence-electron chi connectivity index (χ2n) is 7.00. The Kier molecular flexibility index (Phi) is 4.74. The van der Waals surface area contributed by atoms with Crippen molar-refractivity contribution < 1.29 is 4.79 Å². The number of carbonyl (C=O) groups is 1. The number of amides is 2. The molecular weight excluding hydrogens is 316 g/mol. The Balaban J connectivity index is 1.46. The van der Waals surface area contributed by atoms with Crippen molar-refractivity contribution in [2.75, 3.05) is 6.54 Å². The fourth-order valence-electron chi connectivity index (χ4n) is 2.75. The van der Waals surface area contributed by atoms with Crippen molar-refractivity contribution in [3.8, 4) is 0 Å². The van der Waals surface area contributed by atoms with Crippen molar-refractivity contribution in [3.63, 3.8) is 0 Å². The maximum absolute atomic E-state index is 12.0. The zero-order valence-corrected chi connectivity index (χ0v) is 14.8. The van der Waals surface area contributed by atoms with E-state index < -0.39 is 0 Å². The first kappa shape index (κ1) is 17.0. The Morgan fingerprint density at radius 1 is 1.24 bits per heavy atom. The molecule has 7 heteroatoms. The third kappa shape index (κ3) is 4.17. The summed E-state index contributed by atoms with van der Waals surface area (Å²) in [5.74, 6) is 0.735. The standard InChI is InChI=1S/C18H24N6O/c1-18(2,3)24-16(21-12-22-24)11-20-17(25)19-9-8-14-10-13-6-4-5-7-15(13)23-14/h4-7,10,12,23H,8-9,11H2,1-3H3,(H2,19,20,25). The molecule has 0 unspecified atom stereocenters. The number of rotatable bonds is 5. The lowest BCUT2D eigenvalue weighted by Gasteiger charge is -2.21. The van der Waals surface area contributed by atoms with Crippen molar-refractivity contribution in [2.45, 2.75) is 39.3 Å². The largest absolute Gasteiger partial charge is 0.358 e. The maximum Gasteiger partial charge on any atom is 0.315 e. The molecule has 25 heavy (non-hydrogen) atoms. The molecular formula is C18H24N6O. The number of hydrogen-bond donors (Lipinski definition) is 3. The number of nitrogens with zero attached hydrogens (tertiary/aromatic N) is 3. The van der Waals surface area contributed by atoms with E-state index in [9.17, 15) is 4.79 Å². The molecule has 0 radical (unpaired) electrons. The average molecular weight is 340 g/mol. The summed E-state index contributed by atoms with van der Waals surface area (Å²) in [4.78, 5) is 19.5. The van der Waals surface area contributed by atoms with Crippen LogP contribution in [-0.4, -0.2) is 32.3 Å². The molecule has 3 rings (SSSR count). The molecule has 0 saturated heterocycles. The summed E-state index contributed by atoms with van der Waals surface area (Å²) in [6.07, 6.45) is 2.26. The van der Waals surface area contributed by atoms with Crippen LogP contribution in [0.1, 0.15) is 32.3 Å². The molecule has 0 atom stereocenters. The highest BCUT2D eigenvalue weighted by Crippen LogP contribution is 2.15. The number of H-pyrrole nitrogens is 1. The predicted molar refractivity (Wildman–Crippen MR) is 97.3 cm³/mol. The normalized spacial score (nSPS) is 11.6. The van der Waals surface area contributed by atoms with Gasteiger partial charge in [-0.3, -0.25) is 0 Å². The van der Waals surface area contributed by atoms with Gasteiger partial charge in [-0.25, -0.2) is 14.5 Å². The quantitative estimate of drug-likeness (QED) is 0.667. The Morgan fingerprint density at radius 2 is 2.04 bits per heavy atom. The smallest absolute Gasteiger partial charge is 0.315 e. The van der Waals surface area contributed by atoms with Gasteiger partial charge < -0.3 is 15.6 Å². The van der Waals surface area contributed by atoms with Gasteiger partial charge in [0.15, 0.2) is 0 Å². The average Bonchev–Trinajstić information content (AvgIpc) is 3.18. The van der Waals surface area contributed by atoms with Crippen molar-refractivity contribution in [1.82, 2.24) is 30.4 Å². The SMILES string of the molecule is CC(C)(C)n1ncnc1CNC(=O)NCCc1cc2ccccc2[nH]1. The van der Waals surface area contributed by atoms with Crippen molar-refractivity contribution in [3.05, 3.63) is 48.2 Å². The van der Waals surface area contributed by atoms with Gasteiger partial charge in [0.2, 0.25) is 0 Å². The minimum atomic E-state index is -0.209. The Labute approximate surface area is 146 Å². The lowest BCUT2D eigenvalue weighted by Crippen LogP contribution is -2.37. The van der Waals surface area contributed by atoms with Gasteiger partial charge in [0.05, 0.1) is 12.1 Å². The summed E-state index contributed by atoms with van der Waals surface area (Å²) in [5, 5.41) is 11.1. The predicted octanol–water partition coefficient (Wildman–Crippen LogP) is 2.56. The molecule has 1 aromatic carbocycles. The van der Waals surface area contributed by atoms with E-state index in [4.69, 9.17) is 0 Å². The van der Waals surface area contributed by atoms with Crippen LogP contribution in [0.2, 0.25) is 0 Å². The van der Waals surface area contributed by atoms with E-state index in [1.807, 2.05) is 43.7 Å². The molecule has 0 aliphatic heterocycles. The number of carbonyl (C=O) groups excluding carboxylic acids is 1. The van der Waals surface area contributed by atoms with E-state index in [1.54, 1.807) is 0 Å². The molecule has 3 N–H and O–H groups in total. The zero-order chi connectivity index (χ0) is 17.9. The summed E-state index contributed by atoms with van der Waals surface area (Å²) in [7, 11) is 0. The molecule has 7 nitrogen and oxygen atoms in total. The number of para-hydroxylation sites is 1. The van der Waals surface area contributed by atoms with Crippen LogP contribution < -0.4 is 10.6 Å². The number of hydrogen-bond acceptors (Lipinski definition) is 3. The van der Waals surface area contributed by atoms with Gasteiger partial charge in [0.1, 0.15) is 12.2 Å². The van der Waals surface area contributed by atoms with E-state index in [2.05, 4.69) is 37.8 Å². The minimum Gasteiger partial charge on any atom is -0.358 e. The molecule has 2 aromatic heterocycles. The molecule has 0 spiro atoms. The summed E-state index contributed by atoms with van der Waals surface area (Å²) in [6, 6.07) is 10.0. The lowest BCUT2D eigenvalue weighted by molar-refractivity contribution is 0.239. The summed E-state index contributed by atoms with van der Waals surface area (Å²) >= 11 is 0. The molecule has 0 saturated carbocycles. The maximum atomic E-state index is 12.0. The van der Waals surface area contributed by atoms with Gasteiger partial charge >= 0.3 is 6.03 Å². The van der Waals surface area contributed by atoms with Crippen LogP contribution >= 0.6 is 0 Å².